The molecule has 172 valence electrons. The van der Waals surface area contributed by atoms with Gasteiger partial charge in [-0.05, 0) is 25.7 Å². The molecule has 0 spiro atoms. The zero-order chi connectivity index (χ0) is 21.7. The lowest BCUT2D eigenvalue weighted by atomic mass is 10.0. The van der Waals surface area contributed by atoms with E-state index in [-0.39, 0.29) is 18.9 Å². The van der Waals surface area contributed by atoms with Gasteiger partial charge in [-0.3, -0.25) is 9.59 Å². The molecule has 0 saturated heterocycles. The van der Waals surface area contributed by atoms with Gasteiger partial charge in [-0.1, -0.05) is 97.3 Å². The normalized spacial score (nSPS) is 13.2. The van der Waals surface area contributed by atoms with E-state index >= 15 is 0 Å². The van der Waals surface area contributed by atoms with E-state index in [0.717, 1.165) is 19.3 Å². The Balaban J connectivity index is 3.53. The molecular weight excluding hydrogens is 366 g/mol. The average Bonchev–Trinajstić information content (AvgIpc) is 2.71. The number of carbonyl (C=O) groups excluding carboxylic acids is 1. The molecule has 0 saturated carbocycles. The Morgan fingerprint density at radius 2 is 1.21 bits per heavy atom. The first-order valence-corrected chi connectivity index (χ1v) is 12.2. The standard InChI is InChI=1S/C24H47NO4/c1-3-5-6-7-8-9-10-11-12-13-14-15-16-17-18-21(4-2)29-24(28)22(25)19-20-23(26)27/h21-22H,3-20,25H2,1-2H3,(H,26,27)/t21?,22-/m0/s1. The van der Waals surface area contributed by atoms with E-state index in [2.05, 4.69) is 6.92 Å². The number of hydrogen-bond acceptors (Lipinski definition) is 4. The summed E-state index contributed by atoms with van der Waals surface area (Å²) in [6, 6.07) is -0.837. The van der Waals surface area contributed by atoms with Crippen molar-refractivity contribution >= 4 is 11.9 Å². The number of carboxylic acids is 1. The zero-order valence-electron chi connectivity index (χ0n) is 19.1. The highest BCUT2D eigenvalue weighted by molar-refractivity contribution is 5.76. The second-order valence-electron chi connectivity index (χ2n) is 8.39. The van der Waals surface area contributed by atoms with Crippen molar-refractivity contribution in [1.82, 2.24) is 0 Å². The molecule has 0 aromatic heterocycles. The molecule has 29 heavy (non-hydrogen) atoms. The second kappa shape index (κ2) is 20.2. The SMILES string of the molecule is CCCCCCCCCCCCCCCCC(CC)OC(=O)[C@@H](N)CCC(=O)O. The van der Waals surface area contributed by atoms with Gasteiger partial charge in [0.1, 0.15) is 12.1 Å². The zero-order valence-corrected chi connectivity index (χ0v) is 19.1. The molecule has 0 aromatic rings. The first-order valence-electron chi connectivity index (χ1n) is 12.2. The lowest BCUT2D eigenvalue weighted by Gasteiger charge is -2.18. The third-order valence-electron chi connectivity index (χ3n) is 5.59. The summed E-state index contributed by atoms with van der Waals surface area (Å²) in [6.45, 7) is 4.27. The van der Waals surface area contributed by atoms with E-state index in [1.54, 1.807) is 0 Å². The monoisotopic (exact) mass is 413 g/mol. The molecule has 0 bridgehead atoms. The van der Waals surface area contributed by atoms with Gasteiger partial charge in [0, 0.05) is 6.42 Å². The lowest BCUT2D eigenvalue weighted by molar-refractivity contribution is -0.151. The first-order chi connectivity index (χ1) is 14.0. The Hall–Kier alpha value is -1.10. The predicted octanol–water partition coefficient (Wildman–Crippen LogP) is 6.37. The number of nitrogens with two attached hydrogens (primary N) is 1. The minimum Gasteiger partial charge on any atom is -0.481 e. The number of aliphatic carboxylic acids is 1. The Labute approximate surface area is 179 Å². The van der Waals surface area contributed by atoms with E-state index in [1.807, 2.05) is 6.92 Å². The Bertz CT molecular complexity index is 400. The van der Waals surface area contributed by atoms with Crippen molar-refractivity contribution in [3.63, 3.8) is 0 Å². The van der Waals surface area contributed by atoms with Crippen LogP contribution in [0.2, 0.25) is 0 Å². The van der Waals surface area contributed by atoms with Gasteiger partial charge in [0.05, 0.1) is 0 Å². The summed E-state index contributed by atoms with van der Waals surface area (Å²) < 4.78 is 5.45. The quantitative estimate of drug-likeness (QED) is 0.168. The molecule has 0 rings (SSSR count). The van der Waals surface area contributed by atoms with Crippen molar-refractivity contribution in [2.45, 2.75) is 142 Å². The summed E-state index contributed by atoms with van der Waals surface area (Å²) in [5, 5.41) is 8.66. The number of ether oxygens (including phenoxy) is 1. The number of carboxylic acid groups (broad SMARTS) is 1. The number of carbonyl (C=O) groups is 2. The highest BCUT2D eigenvalue weighted by Crippen LogP contribution is 2.15. The van der Waals surface area contributed by atoms with Crippen LogP contribution in [0.1, 0.15) is 129 Å². The van der Waals surface area contributed by atoms with E-state index in [4.69, 9.17) is 15.6 Å². The van der Waals surface area contributed by atoms with Gasteiger partial charge in [-0.15, -0.1) is 0 Å². The van der Waals surface area contributed by atoms with Gasteiger partial charge in [0.15, 0.2) is 0 Å². The molecule has 0 amide bonds. The highest BCUT2D eigenvalue weighted by atomic mass is 16.5. The van der Waals surface area contributed by atoms with Crippen molar-refractivity contribution in [3.8, 4) is 0 Å². The maximum atomic E-state index is 11.9. The summed E-state index contributed by atoms with van der Waals surface area (Å²) in [7, 11) is 0. The third kappa shape index (κ3) is 18.7. The number of unbranched alkanes of at least 4 members (excludes halogenated alkanes) is 13. The first kappa shape index (κ1) is 27.9. The molecule has 0 heterocycles. The fourth-order valence-corrected chi connectivity index (χ4v) is 3.56. The van der Waals surface area contributed by atoms with Crippen LogP contribution in [0.15, 0.2) is 0 Å². The largest absolute Gasteiger partial charge is 0.481 e. The molecule has 0 aliphatic heterocycles. The summed E-state index contributed by atoms with van der Waals surface area (Å²) in [5.41, 5.74) is 5.71. The van der Waals surface area contributed by atoms with Crippen molar-refractivity contribution in [2.75, 3.05) is 0 Å². The fraction of sp³-hybridized carbons (Fsp3) is 0.917. The van der Waals surface area contributed by atoms with Gasteiger partial charge >= 0.3 is 11.9 Å². The molecule has 0 aliphatic carbocycles. The Morgan fingerprint density at radius 1 is 0.759 bits per heavy atom. The van der Waals surface area contributed by atoms with Crippen molar-refractivity contribution in [3.05, 3.63) is 0 Å². The number of rotatable bonds is 21. The molecule has 1 unspecified atom stereocenters. The molecular formula is C24H47NO4. The molecule has 5 heteroatoms. The third-order valence-corrected chi connectivity index (χ3v) is 5.59. The van der Waals surface area contributed by atoms with E-state index in [9.17, 15) is 9.59 Å². The van der Waals surface area contributed by atoms with Crippen molar-refractivity contribution in [2.24, 2.45) is 5.73 Å². The summed E-state index contributed by atoms with van der Waals surface area (Å²) in [4.78, 5) is 22.5. The number of esters is 1. The maximum Gasteiger partial charge on any atom is 0.323 e. The van der Waals surface area contributed by atoms with Gasteiger partial charge in [0.25, 0.3) is 0 Å². The second-order valence-corrected chi connectivity index (χ2v) is 8.39. The average molecular weight is 414 g/mol. The Morgan fingerprint density at radius 3 is 1.62 bits per heavy atom. The lowest BCUT2D eigenvalue weighted by Crippen LogP contribution is -2.35. The van der Waals surface area contributed by atoms with Crippen molar-refractivity contribution in [1.29, 1.82) is 0 Å². The fourth-order valence-electron chi connectivity index (χ4n) is 3.56. The molecule has 0 aliphatic rings. The van der Waals surface area contributed by atoms with Crippen LogP contribution in [0.25, 0.3) is 0 Å². The molecule has 5 nitrogen and oxygen atoms in total. The maximum absolute atomic E-state index is 11.9. The van der Waals surface area contributed by atoms with Crippen LogP contribution in [-0.2, 0) is 14.3 Å². The minimum absolute atomic E-state index is 0.101. The van der Waals surface area contributed by atoms with Crippen LogP contribution in [0.3, 0.4) is 0 Å². The molecule has 3 N–H and O–H groups in total. The van der Waals surface area contributed by atoms with Crippen LogP contribution in [0.4, 0.5) is 0 Å². The van der Waals surface area contributed by atoms with Crippen LogP contribution in [-0.4, -0.2) is 29.2 Å². The number of hydrogen-bond donors (Lipinski definition) is 2. The van der Waals surface area contributed by atoms with Crippen molar-refractivity contribution < 1.29 is 19.4 Å². The topological polar surface area (TPSA) is 89.6 Å². The van der Waals surface area contributed by atoms with E-state index in [0.29, 0.717) is 0 Å². The van der Waals surface area contributed by atoms with Gasteiger partial charge in [-0.2, -0.15) is 0 Å². The highest BCUT2D eigenvalue weighted by Gasteiger charge is 2.20. The summed E-state index contributed by atoms with van der Waals surface area (Å²) in [5.74, 6) is -1.41. The predicted molar refractivity (Wildman–Crippen MR) is 120 cm³/mol. The van der Waals surface area contributed by atoms with Crippen LogP contribution >= 0.6 is 0 Å². The molecule has 0 aromatic carbocycles. The molecule has 0 radical (unpaired) electrons. The smallest absolute Gasteiger partial charge is 0.323 e. The van der Waals surface area contributed by atoms with E-state index < -0.39 is 18.0 Å². The van der Waals surface area contributed by atoms with Crippen LogP contribution < -0.4 is 5.73 Å². The Kier molecular flexibility index (Phi) is 19.4. The van der Waals surface area contributed by atoms with E-state index in [1.165, 1.54) is 83.5 Å². The van der Waals surface area contributed by atoms with Gasteiger partial charge in [0.2, 0.25) is 0 Å². The summed E-state index contributed by atoms with van der Waals surface area (Å²) >= 11 is 0. The van der Waals surface area contributed by atoms with Gasteiger partial charge < -0.3 is 15.6 Å². The van der Waals surface area contributed by atoms with Crippen LogP contribution in [0, 0.1) is 0 Å². The molecule has 0 fully saturated rings. The van der Waals surface area contributed by atoms with Gasteiger partial charge in [-0.25, -0.2) is 0 Å². The molecule has 2 atom stereocenters. The van der Waals surface area contributed by atoms with Crippen LogP contribution in [0.5, 0.6) is 0 Å². The summed E-state index contributed by atoms with van der Waals surface area (Å²) in [6.07, 6.45) is 20.2. The minimum atomic E-state index is -0.942.